The Hall–Kier alpha value is -1.23. The maximum absolute atomic E-state index is 11.0. The molecule has 4 nitrogen and oxygen atoms in total. The van der Waals surface area contributed by atoms with Crippen LogP contribution in [0.25, 0.3) is 0 Å². The van der Waals surface area contributed by atoms with Crippen molar-refractivity contribution in [2.75, 3.05) is 7.11 Å². The number of hydrogen-bond donors (Lipinski definition) is 0. The maximum Gasteiger partial charge on any atom is 0.184 e. The topological polar surface area (TPSA) is 44.8 Å². The minimum Gasteiger partial charge on any atom is -0.368 e. The van der Waals surface area contributed by atoms with E-state index in [1.54, 1.807) is 7.11 Å². The first kappa shape index (κ1) is 15.2. The van der Waals surface area contributed by atoms with Crippen molar-refractivity contribution < 1.29 is 19.0 Å². The van der Waals surface area contributed by atoms with Gasteiger partial charge in [0.2, 0.25) is 0 Å². The molecule has 0 radical (unpaired) electrons. The van der Waals surface area contributed by atoms with Gasteiger partial charge in [0.1, 0.15) is 18.5 Å². The third-order valence-electron chi connectivity index (χ3n) is 4.08. The van der Waals surface area contributed by atoms with Crippen molar-refractivity contribution >= 4 is 6.29 Å². The van der Waals surface area contributed by atoms with Crippen LogP contribution in [0, 0.1) is 11.8 Å². The molecule has 5 unspecified atom stereocenters. The van der Waals surface area contributed by atoms with Gasteiger partial charge < -0.3 is 19.0 Å². The van der Waals surface area contributed by atoms with E-state index in [1.807, 2.05) is 37.3 Å². The summed E-state index contributed by atoms with van der Waals surface area (Å²) < 4.78 is 17.0. The zero-order chi connectivity index (χ0) is 14.5. The number of carbonyl (C=O) groups excluding carboxylic acids is 1. The smallest absolute Gasteiger partial charge is 0.184 e. The summed E-state index contributed by atoms with van der Waals surface area (Å²) in [5.41, 5.74) is 1.11. The Balaban J connectivity index is 2.02. The van der Waals surface area contributed by atoms with Crippen LogP contribution >= 0.6 is 0 Å². The molecule has 0 aliphatic carbocycles. The molecule has 0 bridgehead atoms. The zero-order valence-electron chi connectivity index (χ0n) is 12.2. The summed E-state index contributed by atoms with van der Waals surface area (Å²) >= 11 is 0. The fourth-order valence-electron chi connectivity index (χ4n) is 2.55. The lowest BCUT2D eigenvalue weighted by Gasteiger charge is -2.42. The highest BCUT2D eigenvalue weighted by molar-refractivity contribution is 5.56. The molecule has 0 amide bonds. The summed E-state index contributed by atoms with van der Waals surface area (Å²) in [6.45, 7) is 4.59. The molecule has 20 heavy (non-hydrogen) atoms. The molecule has 5 atom stereocenters. The standard InChI is InChI=1S/C16H22O4/c1-11-12(2)15(16(18-3)20-14(11)9-17)19-10-13-7-5-4-6-8-13/h4-9,11-12,14-16H,10H2,1-3H3. The quantitative estimate of drug-likeness (QED) is 0.776. The zero-order valence-corrected chi connectivity index (χ0v) is 12.2. The molecule has 1 heterocycles. The van der Waals surface area contributed by atoms with Gasteiger partial charge in [-0.1, -0.05) is 44.2 Å². The third-order valence-corrected chi connectivity index (χ3v) is 4.08. The summed E-state index contributed by atoms with van der Waals surface area (Å²) in [6, 6.07) is 9.99. The molecule has 1 aliphatic rings. The van der Waals surface area contributed by atoms with Crippen LogP contribution in [0.1, 0.15) is 19.4 Å². The van der Waals surface area contributed by atoms with E-state index in [1.165, 1.54) is 0 Å². The van der Waals surface area contributed by atoms with E-state index >= 15 is 0 Å². The molecule has 0 N–H and O–H groups in total. The summed E-state index contributed by atoms with van der Waals surface area (Å²) in [5, 5.41) is 0. The van der Waals surface area contributed by atoms with E-state index in [4.69, 9.17) is 14.2 Å². The summed E-state index contributed by atoms with van der Waals surface area (Å²) in [4.78, 5) is 11.0. The van der Waals surface area contributed by atoms with Gasteiger partial charge in [-0.25, -0.2) is 0 Å². The molecule has 0 spiro atoms. The van der Waals surface area contributed by atoms with Crippen molar-refractivity contribution in [2.24, 2.45) is 11.8 Å². The van der Waals surface area contributed by atoms with Crippen LogP contribution in [0.15, 0.2) is 30.3 Å². The second kappa shape index (κ2) is 6.97. The molecule has 110 valence electrons. The predicted molar refractivity (Wildman–Crippen MR) is 75.1 cm³/mol. The summed E-state index contributed by atoms with van der Waals surface area (Å²) in [6.07, 6.45) is -0.251. The van der Waals surface area contributed by atoms with Gasteiger partial charge in [-0.05, 0) is 17.4 Å². The summed E-state index contributed by atoms with van der Waals surface area (Å²) in [7, 11) is 1.58. The number of ether oxygens (including phenoxy) is 3. The van der Waals surface area contributed by atoms with Crippen LogP contribution in [0.4, 0.5) is 0 Å². The molecular weight excluding hydrogens is 256 g/mol. The van der Waals surface area contributed by atoms with Gasteiger partial charge in [0.15, 0.2) is 6.29 Å². The van der Waals surface area contributed by atoms with E-state index in [2.05, 4.69) is 6.92 Å². The van der Waals surface area contributed by atoms with Crippen molar-refractivity contribution in [3.05, 3.63) is 35.9 Å². The molecule has 1 aromatic carbocycles. The third kappa shape index (κ3) is 3.26. The van der Waals surface area contributed by atoms with E-state index in [-0.39, 0.29) is 17.9 Å². The van der Waals surface area contributed by atoms with Gasteiger partial charge in [-0.15, -0.1) is 0 Å². The van der Waals surface area contributed by atoms with Crippen LogP contribution in [0.5, 0.6) is 0 Å². The van der Waals surface area contributed by atoms with E-state index < -0.39 is 12.4 Å². The predicted octanol–water partition coefficient (Wildman–Crippen LogP) is 2.41. The van der Waals surface area contributed by atoms with Crippen LogP contribution in [0.3, 0.4) is 0 Å². The molecule has 1 aromatic rings. The second-order valence-corrected chi connectivity index (χ2v) is 5.32. The van der Waals surface area contributed by atoms with Crippen LogP contribution in [-0.2, 0) is 25.6 Å². The molecule has 0 saturated carbocycles. The van der Waals surface area contributed by atoms with Gasteiger partial charge in [-0.3, -0.25) is 0 Å². The first-order valence-corrected chi connectivity index (χ1v) is 6.96. The number of methoxy groups -OCH3 is 1. The highest BCUT2D eigenvalue weighted by Crippen LogP contribution is 2.32. The van der Waals surface area contributed by atoms with Crippen LogP contribution < -0.4 is 0 Å². The average Bonchev–Trinajstić information content (AvgIpc) is 2.49. The number of benzene rings is 1. The lowest BCUT2D eigenvalue weighted by molar-refractivity contribution is -0.266. The van der Waals surface area contributed by atoms with Gasteiger partial charge in [0, 0.05) is 7.11 Å². The Morgan fingerprint density at radius 1 is 1.20 bits per heavy atom. The molecule has 1 aliphatic heterocycles. The largest absolute Gasteiger partial charge is 0.368 e. The van der Waals surface area contributed by atoms with Gasteiger partial charge in [-0.2, -0.15) is 0 Å². The first-order chi connectivity index (χ1) is 9.67. The van der Waals surface area contributed by atoms with Crippen LogP contribution in [0.2, 0.25) is 0 Å². The Kier molecular flexibility index (Phi) is 5.29. The highest BCUT2D eigenvalue weighted by atomic mass is 16.7. The molecule has 4 heteroatoms. The fourth-order valence-corrected chi connectivity index (χ4v) is 2.55. The summed E-state index contributed by atoms with van der Waals surface area (Å²) in [5.74, 6) is 0.298. The lowest BCUT2D eigenvalue weighted by atomic mass is 9.84. The van der Waals surface area contributed by atoms with Crippen molar-refractivity contribution in [1.82, 2.24) is 0 Å². The minimum atomic E-state index is -0.500. The van der Waals surface area contributed by atoms with Gasteiger partial charge in [0.05, 0.1) is 6.61 Å². The Morgan fingerprint density at radius 2 is 1.90 bits per heavy atom. The van der Waals surface area contributed by atoms with Crippen molar-refractivity contribution in [2.45, 2.75) is 39.0 Å². The molecule has 1 saturated heterocycles. The average molecular weight is 278 g/mol. The number of rotatable bonds is 5. The Labute approximate surface area is 120 Å². The lowest BCUT2D eigenvalue weighted by Crippen LogP contribution is -2.51. The Bertz CT molecular complexity index is 418. The molecular formula is C16H22O4. The van der Waals surface area contributed by atoms with Gasteiger partial charge in [0.25, 0.3) is 0 Å². The van der Waals surface area contributed by atoms with E-state index in [9.17, 15) is 4.79 Å². The Morgan fingerprint density at radius 3 is 2.50 bits per heavy atom. The number of hydrogen-bond acceptors (Lipinski definition) is 4. The van der Waals surface area contributed by atoms with Gasteiger partial charge >= 0.3 is 0 Å². The number of aldehydes is 1. The second-order valence-electron chi connectivity index (χ2n) is 5.32. The first-order valence-electron chi connectivity index (χ1n) is 6.96. The maximum atomic E-state index is 11.0. The normalized spacial score (nSPS) is 33.9. The fraction of sp³-hybridized carbons (Fsp3) is 0.562. The van der Waals surface area contributed by atoms with Crippen LogP contribution in [-0.4, -0.2) is 31.9 Å². The minimum absolute atomic E-state index is 0.111. The van der Waals surface area contributed by atoms with E-state index in [0.29, 0.717) is 6.61 Å². The van der Waals surface area contributed by atoms with E-state index in [0.717, 1.165) is 11.8 Å². The van der Waals surface area contributed by atoms with Crippen molar-refractivity contribution in [1.29, 1.82) is 0 Å². The SMILES string of the molecule is COC1OC(C=O)C(C)C(C)C1OCc1ccccc1. The molecule has 0 aromatic heterocycles. The molecule has 1 fully saturated rings. The monoisotopic (exact) mass is 278 g/mol. The van der Waals surface area contributed by atoms with Crippen molar-refractivity contribution in [3.63, 3.8) is 0 Å². The highest BCUT2D eigenvalue weighted by Gasteiger charge is 2.42. The van der Waals surface area contributed by atoms with Crippen molar-refractivity contribution in [3.8, 4) is 0 Å². The number of carbonyl (C=O) groups is 1. The molecule has 2 rings (SSSR count).